The van der Waals surface area contributed by atoms with Gasteiger partial charge in [-0.1, -0.05) is 0 Å². The number of halogens is 3. The van der Waals surface area contributed by atoms with Crippen LogP contribution in [0.3, 0.4) is 0 Å². The Balaban J connectivity index is 1.97. The van der Waals surface area contributed by atoms with E-state index in [-0.39, 0.29) is 5.75 Å². The van der Waals surface area contributed by atoms with E-state index < -0.39 is 6.36 Å². The fourth-order valence-electron chi connectivity index (χ4n) is 2.63. The lowest BCUT2D eigenvalue weighted by Gasteiger charge is -2.12. The number of anilines is 1. The molecule has 2 aromatic heterocycles. The van der Waals surface area contributed by atoms with Crippen molar-refractivity contribution in [1.82, 2.24) is 9.55 Å². The number of aromatic nitrogens is 2. The molecule has 0 radical (unpaired) electrons. The van der Waals surface area contributed by atoms with Crippen molar-refractivity contribution in [1.29, 1.82) is 0 Å². The molecule has 0 aliphatic carbocycles. The zero-order valence-electron chi connectivity index (χ0n) is 12.9. The van der Waals surface area contributed by atoms with Crippen LogP contribution >= 0.6 is 11.3 Å². The van der Waals surface area contributed by atoms with Crippen molar-refractivity contribution in [2.45, 2.75) is 20.2 Å². The van der Waals surface area contributed by atoms with Crippen molar-refractivity contribution in [3.8, 4) is 22.7 Å². The summed E-state index contributed by atoms with van der Waals surface area (Å²) in [7, 11) is 0. The summed E-state index contributed by atoms with van der Waals surface area (Å²) in [4.78, 5) is 4.28. The molecule has 126 valence electrons. The predicted molar refractivity (Wildman–Crippen MR) is 87.4 cm³/mol. The Morgan fingerprint density at radius 2 is 1.83 bits per heavy atom. The van der Waals surface area contributed by atoms with Crippen molar-refractivity contribution in [3.05, 3.63) is 47.1 Å². The summed E-state index contributed by atoms with van der Waals surface area (Å²) in [6.45, 7) is 3.85. The van der Waals surface area contributed by atoms with Crippen LogP contribution in [0.1, 0.15) is 11.4 Å². The summed E-state index contributed by atoms with van der Waals surface area (Å²) >= 11 is 1.36. The minimum Gasteiger partial charge on any atom is -0.406 e. The number of alkyl halides is 3. The van der Waals surface area contributed by atoms with E-state index in [1.807, 2.05) is 29.9 Å². The normalized spacial score (nSPS) is 11.7. The second kappa shape index (κ2) is 5.86. The highest BCUT2D eigenvalue weighted by atomic mass is 32.1. The van der Waals surface area contributed by atoms with Crippen LogP contribution in [-0.4, -0.2) is 15.9 Å². The zero-order chi connectivity index (χ0) is 17.5. The molecule has 2 N–H and O–H groups in total. The van der Waals surface area contributed by atoms with Gasteiger partial charge in [0.25, 0.3) is 0 Å². The van der Waals surface area contributed by atoms with E-state index >= 15 is 0 Å². The van der Waals surface area contributed by atoms with Crippen LogP contribution in [0, 0.1) is 13.8 Å². The molecule has 0 bridgehead atoms. The van der Waals surface area contributed by atoms with Crippen molar-refractivity contribution in [3.63, 3.8) is 0 Å². The first-order chi connectivity index (χ1) is 11.2. The number of hydrogen-bond acceptors (Lipinski definition) is 4. The maximum Gasteiger partial charge on any atom is 0.573 e. The first-order valence-electron chi connectivity index (χ1n) is 7.01. The molecule has 0 unspecified atom stereocenters. The molecule has 0 fully saturated rings. The number of nitrogen functional groups attached to an aromatic ring is 1. The highest BCUT2D eigenvalue weighted by Crippen LogP contribution is 2.31. The third kappa shape index (κ3) is 3.23. The summed E-state index contributed by atoms with van der Waals surface area (Å²) < 4.78 is 42.6. The molecular formula is C16H14F3N3OS. The zero-order valence-corrected chi connectivity index (χ0v) is 13.7. The monoisotopic (exact) mass is 353 g/mol. The SMILES string of the molecule is Cc1cc(-c2csc(N)n2)c(C)n1-c1ccc(OC(F)(F)F)cc1. The van der Waals surface area contributed by atoms with Crippen LogP contribution in [-0.2, 0) is 0 Å². The van der Waals surface area contributed by atoms with E-state index in [0.29, 0.717) is 5.13 Å². The number of nitrogens with two attached hydrogens (primary N) is 1. The standard InChI is InChI=1S/C16H14F3N3OS/c1-9-7-13(14-8-24-15(20)21-14)10(2)22(9)11-3-5-12(6-4-11)23-16(17,18)19/h3-8H,1-2H3,(H2,20,21). The van der Waals surface area contributed by atoms with E-state index in [1.54, 1.807) is 12.1 Å². The Morgan fingerprint density at radius 3 is 2.38 bits per heavy atom. The average molecular weight is 353 g/mol. The Morgan fingerprint density at radius 1 is 1.17 bits per heavy atom. The van der Waals surface area contributed by atoms with Gasteiger partial charge in [-0.25, -0.2) is 4.98 Å². The highest BCUT2D eigenvalue weighted by molar-refractivity contribution is 7.13. The molecule has 8 heteroatoms. The molecule has 0 spiro atoms. The number of rotatable bonds is 3. The number of nitrogens with zero attached hydrogens (tertiary/aromatic N) is 2. The number of ether oxygens (including phenoxy) is 1. The van der Waals surface area contributed by atoms with Crippen LogP contribution in [0.25, 0.3) is 16.9 Å². The van der Waals surface area contributed by atoms with Gasteiger partial charge in [0.2, 0.25) is 0 Å². The van der Waals surface area contributed by atoms with Gasteiger partial charge in [0, 0.05) is 28.0 Å². The second-order valence-electron chi connectivity index (χ2n) is 5.23. The fraction of sp³-hybridized carbons (Fsp3) is 0.188. The molecule has 3 aromatic rings. The van der Waals surface area contributed by atoms with Crippen LogP contribution in [0.2, 0.25) is 0 Å². The number of benzene rings is 1. The quantitative estimate of drug-likeness (QED) is 0.743. The van der Waals surface area contributed by atoms with Gasteiger partial charge < -0.3 is 15.0 Å². The molecule has 2 heterocycles. The van der Waals surface area contributed by atoms with Gasteiger partial charge in [0.05, 0.1) is 5.69 Å². The maximum absolute atomic E-state index is 12.2. The molecule has 0 amide bonds. The van der Waals surface area contributed by atoms with E-state index in [4.69, 9.17) is 5.73 Å². The number of hydrogen-bond donors (Lipinski definition) is 1. The molecule has 0 atom stereocenters. The van der Waals surface area contributed by atoms with Gasteiger partial charge in [-0.3, -0.25) is 0 Å². The molecule has 4 nitrogen and oxygen atoms in total. The first-order valence-corrected chi connectivity index (χ1v) is 7.89. The van der Waals surface area contributed by atoms with Crippen LogP contribution in [0.5, 0.6) is 5.75 Å². The highest BCUT2D eigenvalue weighted by Gasteiger charge is 2.31. The Hall–Kier alpha value is -2.48. The summed E-state index contributed by atoms with van der Waals surface area (Å²) in [5.74, 6) is -0.249. The van der Waals surface area contributed by atoms with E-state index in [0.717, 1.165) is 28.3 Å². The molecular weight excluding hydrogens is 339 g/mol. The Labute approximate surface area is 140 Å². The lowest BCUT2D eigenvalue weighted by molar-refractivity contribution is -0.274. The molecule has 3 rings (SSSR count). The van der Waals surface area contributed by atoms with E-state index in [1.165, 1.54) is 23.5 Å². The van der Waals surface area contributed by atoms with Crippen LogP contribution in [0.4, 0.5) is 18.3 Å². The summed E-state index contributed by atoms with van der Waals surface area (Å²) in [6.07, 6.45) is -4.70. The third-order valence-electron chi connectivity index (χ3n) is 3.56. The summed E-state index contributed by atoms with van der Waals surface area (Å²) in [5.41, 5.74) is 10.0. The van der Waals surface area contributed by atoms with E-state index in [9.17, 15) is 13.2 Å². The number of aryl methyl sites for hydroxylation is 1. The maximum atomic E-state index is 12.2. The average Bonchev–Trinajstić information content (AvgIpc) is 3.02. The van der Waals surface area contributed by atoms with E-state index in [2.05, 4.69) is 9.72 Å². The smallest absolute Gasteiger partial charge is 0.406 e. The van der Waals surface area contributed by atoms with Crippen molar-refractivity contribution in [2.24, 2.45) is 0 Å². The minimum absolute atomic E-state index is 0.249. The second-order valence-corrected chi connectivity index (χ2v) is 6.12. The Bertz CT molecular complexity index is 866. The summed E-state index contributed by atoms with van der Waals surface area (Å²) in [5, 5.41) is 2.37. The fourth-order valence-corrected chi connectivity index (χ4v) is 3.19. The Kier molecular flexibility index (Phi) is 4.00. The molecule has 1 aromatic carbocycles. The topological polar surface area (TPSA) is 53.1 Å². The lowest BCUT2D eigenvalue weighted by atomic mass is 10.2. The van der Waals surface area contributed by atoms with Gasteiger partial charge >= 0.3 is 6.36 Å². The van der Waals surface area contributed by atoms with Crippen molar-refractivity contribution >= 4 is 16.5 Å². The summed E-state index contributed by atoms with van der Waals surface area (Å²) in [6, 6.07) is 7.73. The van der Waals surface area contributed by atoms with Gasteiger partial charge in [-0.05, 0) is 44.2 Å². The van der Waals surface area contributed by atoms with Gasteiger partial charge in [0.15, 0.2) is 5.13 Å². The largest absolute Gasteiger partial charge is 0.573 e. The van der Waals surface area contributed by atoms with Gasteiger partial charge in [-0.2, -0.15) is 0 Å². The molecule has 24 heavy (non-hydrogen) atoms. The van der Waals surface area contributed by atoms with Gasteiger partial charge in [-0.15, -0.1) is 24.5 Å². The van der Waals surface area contributed by atoms with Crippen LogP contribution in [0.15, 0.2) is 35.7 Å². The minimum atomic E-state index is -4.70. The predicted octanol–water partition coefficient (Wildman–Crippen LogP) is 4.70. The third-order valence-corrected chi connectivity index (χ3v) is 4.23. The lowest BCUT2D eigenvalue weighted by Crippen LogP contribution is -2.17. The first kappa shape index (κ1) is 16.4. The molecule has 0 aliphatic heterocycles. The molecule has 0 saturated heterocycles. The number of thiazole rings is 1. The van der Waals surface area contributed by atoms with Crippen molar-refractivity contribution in [2.75, 3.05) is 5.73 Å². The van der Waals surface area contributed by atoms with Crippen molar-refractivity contribution < 1.29 is 17.9 Å². The van der Waals surface area contributed by atoms with Gasteiger partial charge in [0.1, 0.15) is 5.75 Å². The van der Waals surface area contributed by atoms with Crippen LogP contribution < -0.4 is 10.5 Å². The molecule has 0 aliphatic rings. The molecule has 0 saturated carbocycles.